The summed E-state index contributed by atoms with van der Waals surface area (Å²) in [5, 5.41) is 14.6. The predicted octanol–water partition coefficient (Wildman–Crippen LogP) is 0.253. The first-order chi connectivity index (χ1) is 16.2. The molecule has 0 saturated carbocycles. The van der Waals surface area contributed by atoms with Gasteiger partial charge >= 0.3 is 6.09 Å². The van der Waals surface area contributed by atoms with Gasteiger partial charge in [0.25, 0.3) is 0 Å². The zero-order valence-electron chi connectivity index (χ0n) is 18.6. The number of hydrogen-bond donors (Lipinski definition) is 6. The zero-order valence-corrected chi connectivity index (χ0v) is 18.6. The van der Waals surface area contributed by atoms with Crippen molar-refractivity contribution in [3.05, 3.63) is 65.7 Å². The molecule has 11 heteroatoms. The molecule has 11 nitrogen and oxygen atoms in total. The van der Waals surface area contributed by atoms with E-state index in [0.717, 1.165) is 5.56 Å². The largest absolute Gasteiger partial charge is 0.508 e. The van der Waals surface area contributed by atoms with Crippen molar-refractivity contribution in [3.63, 3.8) is 0 Å². The number of nitrogens with zero attached hydrogens (tertiary/aromatic N) is 1. The summed E-state index contributed by atoms with van der Waals surface area (Å²) in [7, 11) is 0. The van der Waals surface area contributed by atoms with Crippen LogP contribution in [0.3, 0.4) is 0 Å². The van der Waals surface area contributed by atoms with Crippen molar-refractivity contribution in [2.24, 2.45) is 22.2 Å². The Morgan fingerprint density at radius 2 is 1.59 bits per heavy atom. The molecule has 0 spiro atoms. The number of ether oxygens (including phenoxy) is 1. The van der Waals surface area contributed by atoms with Gasteiger partial charge in [0.05, 0.1) is 0 Å². The van der Waals surface area contributed by atoms with Crippen molar-refractivity contribution in [2.45, 2.75) is 38.0 Å². The van der Waals surface area contributed by atoms with E-state index < -0.39 is 30.0 Å². The summed E-state index contributed by atoms with van der Waals surface area (Å²) < 4.78 is 5.22. The SMILES string of the molecule is NC(=O)[C@H](CCCN=C(N)N)NC(=O)[C@H](Cc1ccc(O)cc1)NC(=O)OCc1ccccc1. The Hall–Kier alpha value is -4.28. The monoisotopic (exact) mass is 470 g/mol. The van der Waals surface area contributed by atoms with Crippen LogP contribution >= 0.6 is 0 Å². The molecule has 0 fully saturated rings. The van der Waals surface area contributed by atoms with Gasteiger partial charge in [-0.05, 0) is 36.1 Å². The molecule has 0 aliphatic rings. The van der Waals surface area contributed by atoms with Crippen LogP contribution in [-0.2, 0) is 27.4 Å². The quantitative estimate of drug-likeness (QED) is 0.145. The van der Waals surface area contributed by atoms with Crippen molar-refractivity contribution in [2.75, 3.05) is 6.54 Å². The van der Waals surface area contributed by atoms with Gasteiger partial charge in [-0.25, -0.2) is 4.79 Å². The van der Waals surface area contributed by atoms with Crippen molar-refractivity contribution < 1.29 is 24.2 Å². The second-order valence-corrected chi connectivity index (χ2v) is 7.54. The highest BCUT2D eigenvalue weighted by Gasteiger charge is 2.26. The molecular formula is C23H30N6O5. The molecule has 2 rings (SSSR count). The Morgan fingerprint density at radius 1 is 0.912 bits per heavy atom. The number of amides is 3. The first-order valence-corrected chi connectivity index (χ1v) is 10.6. The maximum absolute atomic E-state index is 13.0. The second kappa shape index (κ2) is 13.3. The normalized spacial score (nSPS) is 12.1. The molecule has 34 heavy (non-hydrogen) atoms. The number of guanidine groups is 1. The van der Waals surface area contributed by atoms with E-state index in [-0.39, 0.29) is 37.7 Å². The van der Waals surface area contributed by atoms with Gasteiger partial charge in [0.1, 0.15) is 24.4 Å². The third-order valence-electron chi connectivity index (χ3n) is 4.80. The Morgan fingerprint density at radius 3 is 2.21 bits per heavy atom. The number of phenols is 1. The number of primary amides is 1. The fourth-order valence-electron chi connectivity index (χ4n) is 3.05. The van der Waals surface area contributed by atoms with Gasteiger partial charge in [-0.15, -0.1) is 0 Å². The van der Waals surface area contributed by atoms with Gasteiger partial charge in [-0.2, -0.15) is 0 Å². The lowest BCUT2D eigenvalue weighted by Gasteiger charge is -2.22. The maximum atomic E-state index is 13.0. The topological polar surface area (TPSA) is 195 Å². The minimum Gasteiger partial charge on any atom is -0.508 e. The number of aromatic hydroxyl groups is 1. The third-order valence-corrected chi connectivity index (χ3v) is 4.80. The highest BCUT2D eigenvalue weighted by atomic mass is 16.5. The molecule has 0 bridgehead atoms. The molecule has 0 aliphatic heterocycles. The Bertz CT molecular complexity index is 977. The molecule has 2 atom stereocenters. The average Bonchev–Trinajstić information content (AvgIpc) is 2.81. The lowest BCUT2D eigenvalue weighted by Crippen LogP contribution is -2.53. The number of carbonyl (C=O) groups excluding carboxylic acids is 3. The second-order valence-electron chi connectivity index (χ2n) is 7.54. The minimum absolute atomic E-state index is 0.0227. The van der Waals surface area contributed by atoms with Gasteiger partial charge in [0.15, 0.2) is 5.96 Å². The zero-order chi connectivity index (χ0) is 24.9. The summed E-state index contributed by atoms with van der Waals surface area (Å²) in [5.41, 5.74) is 17.4. The highest BCUT2D eigenvalue weighted by molar-refractivity contribution is 5.90. The molecule has 0 aromatic heterocycles. The minimum atomic E-state index is -1.06. The van der Waals surface area contributed by atoms with E-state index in [0.29, 0.717) is 12.0 Å². The first kappa shape index (κ1) is 26.0. The maximum Gasteiger partial charge on any atom is 0.408 e. The molecule has 0 heterocycles. The van der Waals surface area contributed by atoms with Crippen LogP contribution in [0.2, 0.25) is 0 Å². The van der Waals surface area contributed by atoms with Gasteiger partial charge in [-0.3, -0.25) is 14.6 Å². The van der Waals surface area contributed by atoms with Gasteiger partial charge in [0, 0.05) is 13.0 Å². The number of nitrogens with one attached hydrogen (secondary N) is 2. The molecule has 9 N–H and O–H groups in total. The average molecular weight is 471 g/mol. The number of aliphatic imine (C=N–C) groups is 1. The number of carbonyl (C=O) groups is 3. The van der Waals surface area contributed by atoms with E-state index in [4.69, 9.17) is 21.9 Å². The highest BCUT2D eigenvalue weighted by Crippen LogP contribution is 2.12. The molecular weight excluding hydrogens is 440 g/mol. The van der Waals surface area contributed by atoms with Crippen LogP contribution < -0.4 is 27.8 Å². The molecule has 0 unspecified atom stereocenters. The van der Waals surface area contributed by atoms with Gasteiger partial charge < -0.3 is 37.7 Å². The predicted molar refractivity (Wildman–Crippen MR) is 126 cm³/mol. The van der Waals surface area contributed by atoms with E-state index >= 15 is 0 Å². The molecule has 0 aliphatic carbocycles. The fourth-order valence-corrected chi connectivity index (χ4v) is 3.05. The van der Waals surface area contributed by atoms with Crippen molar-refractivity contribution in [1.29, 1.82) is 0 Å². The van der Waals surface area contributed by atoms with E-state index in [1.54, 1.807) is 24.3 Å². The molecule has 3 amide bonds. The van der Waals surface area contributed by atoms with E-state index in [1.807, 2.05) is 18.2 Å². The number of alkyl carbamates (subject to hydrolysis) is 1. The molecule has 0 saturated heterocycles. The van der Waals surface area contributed by atoms with Gasteiger partial charge in [-0.1, -0.05) is 42.5 Å². The van der Waals surface area contributed by atoms with Crippen molar-refractivity contribution >= 4 is 23.9 Å². The van der Waals surface area contributed by atoms with Crippen LogP contribution in [0.25, 0.3) is 0 Å². The number of nitrogens with two attached hydrogens (primary N) is 3. The summed E-state index contributed by atoms with van der Waals surface area (Å²) in [6.07, 6.45) is -0.0962. The van der Waals surface area contributed by atoms with Crippen LogP contribution in [0.1, 0.15) is 24.0 Å². The third kappa shape index (κ3) is 9.47. The van der Waals surface area contributed by atoms with E-state index in [9.17, 15) is 19.5 Å². The fraction of sp³-hybridized carbons (Fsp3) is 0.304. The van der Waals surface area contributed by atoms with Crippen LogP contribution in [0.15, 0.2) is 59.6 Å². The number of phenolic OH excluding ortho intramolecular Hbond substituents is 1. The Kier molecular flexibility index (Phi) is 10.2. The summed E-state index contributed by atoms with van der Waals surface area (Å²) >= 11 is 0. The van der Waals surface area contributed by atoms with Crippen molar-refractivity contribution in [3.8, 4) is 5.75 Å². The van der Waals surface area contributed by atoms with Crippen LogP contribution in [0.5, 0.6) is 5.75 Å². The lowest BCUT2D eigenvalue weighted by atomic mass is 10.0. The number of rotatable bonds is 12. The van der Waals surface area contributed by atoms with E-state index in [1.165, 1.54) is 12.1 Å². The summed E-state index contributed by atoms with van der Waals surface area (Å²) in [6, 6.07) is 13.2. The van der Waals surface area contributed by atoms with Crippen LogP contribution in [-0.4, -0.2) is 47.6 Å². The van der Waals surface area contributed by atoms with E-state index in [2.05, 4.69) is 15.6 Å². The van der Waals surface area contributed by atoms with Crippen LogP contribution in [0, 0.1) is 0 Å². The molecule has 0 radical (unpaired) electrons. The van der Waals surface area contributed by atoms with Crippen LogP contribution in [0.4, 0.5) is 4.79 Å². The standard InChI is InChI=1S/C23H30N6O5/c24-20(31)18(7-4-12-27-22(25)26)28-21(32)19(13-15-8-10-17(30)11-9-15)29-23(33)34-14-16-5-2-1-3-6-16/h1-3,5-6,8-11,18-19,30H,4,7,12-14H2,(H2,24,31)(H,28,32)(H,29,33)(H4,25,26,27)/t18-,19-/m0/s1. The summed E-state index contributed by atoms with van der Waals surface area (Å²) in [5.74, 6) is -1.36. The molecule has 2 aromatic rings. The first-order valence-electron chi connectivity index (χ1n) is 10.6. The number of benzene rings is 2. The Balaban J connectivity index is 2.05. The lowest BCUT2D eigenvalue weighted by molar-refractivity contribution is -0.128. The van der Waals surface area contributed by atoms with Gasteiger partial charge in [0.2, 0.25) is 11.8 Å². The molecule has 182 valence electrons. The Labute approximate surface area is 197 Å². The molecule has 2 aromatic carbocycles. The van der Waals surface area contributed by atoms with Crippen molar-refractivity contribution in [1.82, 2.24) is 10.6 Å². The number of hydrogen-bond acceptors (Lipinski definition) is 6. The smallest absolute Gasteiger partial charge is 0.408 e. The summed E-state index contributed by atoms with van der Waals surface area (Å²) in [6.45, 7) is 0.290. The summed E-state index contributed by atoms with van der Waals surface area (Å²) in [4.78, 5) is 41.0.